The lowest BCUT2D eigenvalue weighted by Crippen LogP contribution is -2.52. The van der Waals surface area contributed by atoms with Crippen molar-refractivity contribution >= 4 is 11.9 Å². The fraction of sp³-hybridized carbons (Fsp3) is 0.467. The third-order valence-electron chi connectivity index (χ3n) is 3.83. The zero-order valence-electron chi connectivity index (χ0n) is 12.1. The summed E-state index contributed by atoms with van der Waals surface area (Å²) in [5.41, 5.74) is -0.841. The number of benzene rings is 1. The Balaban J connectivity index is 2.25. The normalized spacial score (nSPS) is 16.3. The first-order valence-electron chi connectivity index (χ1n) is 6.80. The van der Waals surface area contributed by atoms with Gasteiger partial charge in [0.05, 0.1) is 14.2 Å². The van der Waals surface area contributed by atoms with Crippen molar-refractivity contribution in [3.63, 3.8) is 0 Å². The van der Waals surface area contributed by atoms with Crippen LogP contribution in [0.3, 0.4) is 0 Å². The summed E-state index contributed by atoms with van der Waals surface area (Å²) in [5.74, 6) is -0.453. The first-order valence-corrected chi connectivity index (χ1v) is 6.80. The van der Waals surface area contributed by atoms with Crippen molar-refractivity contribution in [2.24, 2.45) is 0 Å². The topological polar surface area (TPSA) is 84.9 Å². The van der Waals surface area contributed by atoms with Crippen LogP contribution < -0.4 is 14.8 Å². The van der Waals surface area contributed by atoms with Crippen LogP contribution in [-0.2, 0) is 4.79 Å². The molecule has 0 aromatic heterocycles. The van der Waals surface area contributed by atoms with Crippen molar-refractivity contribution in [1.82, 2.24) is 5.32 Å². The van der Waals surface area contributed by atoms with E-state index < -0.39 is 17.4 Å². The Morgan fingerprint density at radius 2 is 1.62 bits per heavy atom. The van der Waals surface area contributed by atoms with Crippen LogP contribution in [0, 0.1) is 0 Å². The largest absolute Gasteiger partial charge is 0.497 e. The predicted octanol–water partition coefficient (Wildman–Crippen LogP) is 1.83. The van der Waals surface area contributed by atoms with E-state index in [1.807, 2.05) is 0 Å². The standard InChI is InChI=1S/C15H19NO5/c1-20-11-7-10(8-12(9-11)21-2)13(17)16-15(14(18)19)5-3-4-6-15/h7-9H,3-6H2,1-2H3,(H,16,17)(H,18,19). The van der Waals surface area contributed by atoms with Gasteiger partial charge in [0.15, 0.2) is 0 Å². The molecule has 0 spiro atoms. The number of ether oxygens (including phenoxy) is 2. The van der Waals surface area contributed by atoms with E-state index in [0.717, 1.165) is 12.8 Å². The van der Waals surface area contributed by atoms with Gasteiger partial charge < -0.3 is 19.9 Å². The van der Waals surface area contributed by atoms with Gasteiger partial charge in [0, 0.05) is 11.6 Å². The molecule has 0 bridgehead atoms. The fourth-order valence-corrected chi connectivity index (χ4v) is 2.60. The molecule has 2 N–H and O–H groups in total. The molecule has 1 aliphatic rings. The van der Waals surface area contributed by atoms with Gasteiger partial charge in [0.2, 0.25) is 0 Å². The molecule has 0 atom stereocenters. The highest BCUT2D eigenvalue weighted by atomic mass is 16.5. The summed E-state index contributed by atoms with van der Waals surface area (Å²) in [7, 11) is 2.98. The van der Waals surface area contributed by atoms with Gasteiger partial charge in [0.25, 0.3) is 5.91 Å². The van der Waals surface area contributed by atoms with Crippen LogP contribution in [0.15, 0.2) is 18.2 Å². The molecule has 1 fully saturated rings. The third-order valence-corrected chi connectivity index (χ3v) is 3.83. The lowest BCUT2D eigenvalue weighted by molar-refractivity contribution is -0.144. The van der Waals surface area contributed by atoms with Crippen molar-refractivity contribution in [1.29, 1.82) is 0 Å². The average Bonchev–Trinajstić information content (AvgIpc) is 2.96. The summed E-state index contributed by atoms with van der Waals surface area (Å²) in [6.07, 6.45) is 2.51. The van der Waals surface area contributed by atoms with Crippen LogP contribution >= 0.6 is 0 Å². The number of carboxylic acid groups (broad SMARTS) is 1. The van der Waals surface area contributed by atoms with Crippen LogP contribution in [0.5, 0.6) is 11.5 Å². The Hall–Kier alpha value is -2.24. The Kier molecular flexibility index (Phi) is 4.35. The zero-order chi connectivity index (χ0) is 15.5. The lowest BCUT2D eigenvalue weighted by Gasteiger charge is -2.25. The smallest absolute Gasteiger partial charge is 0.329 e. The number of carboxylic acids is 1. The van der Waals surface area contributed by atoms with E-state index in [1.165, 1.54) is 14.2 Å². The van der Waals surface area contributed by atoms with E-state index in [9.17, 15) is 14.7 Å². The minimum absolute atomic E-state index is 0.318. The van der Waals surface area contributed by atoms with Crippen molar-refractivity contribution in [2.45, 2.75) is 31.2 Å². The monoisotopic (exact) mass is 293 g/mol. The number of carbonyl (C=O) groups excluding carboxylic acids is 1. The van der Waals surface area contributed by atoms with E-state index in [4.69, 9.17) is 9.47 Å². The molecule has 114 valence electrons. The molecule has 0 heterocycles. The number of amides is 1. The summed E-state index contributed by atoms with van der Waals surface area (Å²) >= 11 is 0. The number of hydrogen-bond acceptors (Lipinski definition) is 4. The Bertz CT molecular complexity index is 527. The van der Waals surface area contributed by atoms with Crippen LogP contribution in [0.25, 0.3) is 0 Å². The molecule has 1 aromatic carbocycles. The molecular formula is C15H19NO5. The fourth-order valence-electron chi connectivity index (χ4n) is 2.60. The van der Waals surface area contributed by atoms with Crippen molar-refractivity contribution in [3.05, 3.63) is 23.8 Å². The highest BCUT2D eigenvalue weighted by Gasteiger charge is 2.42. The minimum Gasteiger partial charge on any atom is -0.497 e. The van der Waals surface area contributed by atoms with Crippen LogP contribution in [0.2, 0.25) is 0 Å². The average molecular weight is 293 g/mol. The lowest BCUT2D eigenvalue weighted by atomic mass is 9.97. The molecule has 0 radical (unpaired) electrons. The van der Waals surface area contributed by atoms with Crippen molar-refractivity contribution in [3.8, 4) is 11.5 Å². The van der Waals surface area contributed by atoms with Crippen LogP contribution in [-0.4, -0.2) is 36.7 Å². The first-order chi connectivity index (χ1) is 10.0. The third kappa shape index (κ3) is 3.09. The maximum absolute atomic E-state index is 12.4. The van der Waals surface area contributed by atoms with Gasteiger partial charge in [-0.05, 0) is 25.0 Å². The minimum atomic E-state index is -1.16. The zero-order valence-corrected chi connectivity index (χ0v) is 12.1. The number of carbonyl (C=O) groups is 2. The van der Waals surface area contributed by atoms with Gasteiger partial charge in [-0.25, -0.2) is 4.79 Å². The molecule has 6 heteroatoms. The quantitative estimate of drug-likeness (QED) is 0.865. The SMILES string of the molecule is COc1cc(OC)cc(C(=O)NC2(C(=O)O)CCCC2)c1. The summed E-state index contributed by atoms with van der Waals surface area (Å²) < 4.78 is 10.2. The van der Waals surface area contributed by atoms with E-state index >= 15 is 0 Å². The molecule has 21 heavy (non-hydrogen) atoms. The highest BCUT2D eigenvalue weighted by Crippen LogP contribution is 2.31. The maximum atomic E-state index is 12.4. The van der Waals surface area contributed by atoms with E-state index in [1.54, 1.807) is 18.2 Å². The second kappa shape index (κ2) is 6.03. The molecular weight excluding hydrogens is 274 g/mol. The van der Waals surface area contributed by atoms with E-state index in [0.29, 0.717) is 29.9 Å². The summed E-state index contributed by atoms with van der Waals surface area (Å²) in [4.78, 5) is 23.8. The van der Waals surface area contributed by atoms with Gasteiger partial charge >= 0.3 is 5.97 Å². The number of rotatable bonds is 5. The second-order valence-corrected chi connectivity index (χ2v) is 5.15. The highest BCUT2D eigenvalue weighted by molar-refractivity contribution is 5.98. The summed E-state index contributed by atoms with van der Waals surface area (Å²) in [6.45, 7) is 0. The van der Waals surface area contributed by atoms with Gasteiger partial charge in [-0.2, -0.15) is 0 Å². The Morgan fingerprint density at radius 3 is 2.05 bits per heavy atom. The Morgan fingerprint density at radius 1 is 1.10 bits per heavy atom. The van der Waals surface area contributed by atoms with E-state index in [2.05, 4.69) is 5.32 Å². The number of methoxy groups -OCH3 is 2. The maximum Gasteiger partial charge on any atom is 0.329 e. The van der Waals surface area contributed by atoms with Crippen LogP contribution in [0.1, 0.15) is 36.0 Å². The first kappa shape index (κ1) is 15.2. The number of nitrogens with one attached hydrogen (secondary N) is 1. The number of hydrogen-bond donors (Lipinski definition) is 2. The molecule has 1 aromatic rings. The molecule has 0 saturated heterocycles. The predicted molar refractivity (Wildman–Crippen MR) is 75.8 cm³/mol. The van der Waals surface area contributed by atoms with Crippen molar-refractivity contribution in [2.75, 3.05) is 14.2 Å². The molecule has 1 amide bonds. The molecule has 0 aliphatic heterocycles. The van der Waals surface area contributed by atoms with Gasteiger partial charge in [-0.15, -0.1) is 0 Å². The molecule has 2 rings (SSSR count). The molecule has 1 aliphatic carbocycles. The Labute approximate surface area is 123 Å². The molecule has 0 unspecified atom stereocenters. The number of aliphatic carboxylic acids is 1. The summed E-state index contributed by atoms with van der Waals surface area (Å²) in [5, 5.41) is 12.1. The summed E-state index contributed by atoms with van der Waals surface area (Å²) in [6, 6.07) is 4.77. The van der Waals surface area contributed by atoms with Gasteiger partial charge in [-0.3, -0.25) is 4.79 Å². The van der Waals surface area contributed by atoms with Crippen molar-refractivity contribution < 1.29 is 24.2 Å². The van der Waals surface area contributed by atoms with Crippen LogP contribution in [0.4, 0.5) is 0 Å². The van der Waals surface area contributed by atoms with E-state index in [-0.39, 0.29) is 0 Å². The van der Waals surface area contributed by atoms with Gasteiger partial charge in [-0.1, -0.05) is 12.8 Å². The molecule has 1 saturated carbocycles. The second-order valence-electron chi connectivity index (χ2n) is 5.15. The van der Waals surface area contributed by atoms with Gasteiger partial charge in [0.1, 0.15) is 17.0 Å². The molecule has 6 nitrogen and oxygen atoms in total.